The number of hydrogen-bond donors (Lipinski definition) is 2. The molecule has 1 aliphatic rings. The predicted octanol–water partition coefficient (Wildman–Crippen LogP) is 2.34. The second-order valence-electron chi connectivity index (χ2n) is 5.63. The molecule has 1 aromatic heterocycles. The third-order valence-electron chi connectivity index (χ3n) is 3.93. The van der Waals surface area contributed by atoms with Crippen molar-refractivity contribution in [2.75, 3.05) is 32.8 Å². The maximum absolute atomic E-state index is 12.9. The van der Waals surface area contributed by atoms with E-state index in [1.807, 2.05) is 0 Å². The highest BCUT2D eigenvalue weighted by Crippen LogP contribution is 2.47. The molecule has 0 atom stereocenters. The molecule has 1 heterocycles. The molecule has 0 saturated heterocycles. The van der Waals surface area contributed by atoms with Gasteiger partial charge in [0.1, 0.15) is 6.61 Å². The number of ether oxygens (including phenoxy) is 3. The fraction of sp³-hybridized carbons (Fsp3) is 0.600. The average molecular weight is 363 g/mol. The monoisotopic (exact) mass is 363 g/mol. The van der Waals surface area contributed by atoms with Crippen molar-refractivity contribution in [1.82, 2.24) is 10.3 Å². The number of urea groups is 1. The van der Waals surface area contributed by atoms with Crippen LogP contribution >= 0.6 is 0 Å². The van der Waals surface area contributed by atoms with Gasteiger partial charge in [0.15, 0.2) is 5.60 Å². The number of nitrogens with one attached hydrogen (secondary N) is 2. The Morgan fingerprint density at radius 1 is 1.32 bits per heavy atom. The zero-order chi connectivity index (χ0) is 18.5. The van der Waals surface area contributed by atoms with E-state index in [9.17, 15) is 18.0 Å². The van der Waals surface area contributed by atoms with Crippen LogP contribution in [0.2, 0.25) is 0 Å². The van der Waals surface area contributed by atoms with Crippen molar-refractivity contribution >= 4 is 11.7 Å². The van der Waals surface area contributed by atoms with Crippen LogP contribution in [0.1, 0.15) is 12.8 Å². The van der Waals surface area contributed by atoms with E-state index in [2.05, 4.69) is 20.4 Å². The molecule has 0 aliphatic heterocycles. The molecule has 140 valence electrons. The Morgan fingerprint density at radius 3 is 2.56 bits per heavy atom. The van der Waals surface area contributed by atoms with E-state index in [0.717, 1.165) is 7.11 Å². The van der Waals surface area contributed by atoms with Crippen molar-refractivity contribution in [3.63, 3.8) is 0 Å². The fourth-order valence-electron chi connectivity index (χ4n) is 2.47. The largest absolute Gasteiger partial charge is 0.475 e. The maximum Gasteiger partial charge on any atom is 0.417 e. The van der Waals surface area contributed by atoms with E-state index in [-0.39, 0.29) is 12.8 Å². The highest BCUT2D eigenvalue weighted by molar-refractivity contribution is 5.89. The van der Waals surface area contributed by atoms with E-state index in [1.165, 1.54) is 6.20 Å². The Labute approximate surface area is 142 Å². The second kappa shape index (κ2) is 7.87. The SMILES string of the molecule is COCCOc1ccc(NC(=O)NC2CC(OC)(C(F)(F)F)C2)cn1. The number of anilines is 1. The van der Waals surface area contributed by atoms with Crippen LogP contribution in [0, 0.1) is 0 Å². The van der Waals surface area contributed by atoms with E-state index in [0.29, 0.717) is 24.8 Å². The lowest BCUT2D eigenvalue weighted by atomic mass is 9.75. The number of nitrogens with zero attached hydrogens (tertiary/aromatic N) is 1. The average Bonchev–Trinajstić information content (AvgIpc) is 2.51. The first-order chi connectivity index (χ1) is 11.8. The summed E-state index contributed by atoms with van der Waals surface area (Å²) < 4.78 is 53.4. The van der Waals surface area contributed by atoms with Gasteiger partial charge in [-0.2, -0.15) is 13.2 Å². The van der Waals surface area contributed by atoms with Crippen LogP contribution in [0.3, 0.4) is 0 Å². The number of pyridine rings is 1. The van der Waals surface area contributed by atoms with Gasteiger partial charge >= 0.3 is 12.2 Å². The summed E-state index contributed by atoms with van der Waals surface area (Å²) in [6.07, 6.45) is -3.70. The lowest BCUT2D eigenvalue weighted by molar-refractivity contribution is -0.301. The zero-order valence-corrected chi connectivity index (χ0v) is 13.9. The number of aromatic nitrogens is 1. The molecule has 2 rings (SSSR count). The molecule has 2 amide bonds. The second-order valence-corrected chi connectivity index (χ2v) is 5.63. The van der Waals surface area contributed by atoms with Crippen LogP contribution in [0.15, 0.2) is 18.3 Å². The number of carbonyl (C=O) groups is 1. The van der Waals surface area contributed by atoms with E-state index in [1.54, 1.807) is 19.2 Å². The maximum atomic E-state index is 12.9. The van der Waals surface area contributed by atoms with Gasteiger partial charge in [0, 0.05) is 39.2 Å². The molecule has 0 spiro atoms. The summed E-state index contributed by atoms with van der Waals surface area (Å²) in [6, 6.07) is 1.93. The smallest absolute Gasteiger partial charge is 0.417 e. The van der Waals surface area contributed by atoms with Crippen LogP contribution in [0.25, 0.3) is 0 Å². The first kappa shape index (κ1) is 19.3. The zero-order valence-electron chi connectivity index (χ0n) is 13.9. The minimum Gasteiger partial charge on any atom is -0.475 e. The van der Waals surface area contributed by atoms with Gasteiger partial charge in [-0.05, 0) is 6.07 Å². The van der Waals surface area contributed by atoms with Crippen molar-refractivity contribution in [2.24, 2.45) is 0 Å². The molecule has 1 aliphatic carbocycles. The Hall–Kier alpha value is -2.07. The van der Waals surface area contributed by atoms with Gasteiger partial charge in [-0.25, -0.2) is 9.78 Å². The summed E-state index contributed by atoms with van der Waals surface area (Å²) in [6.45, 7) is 0.769. The molecule has 1 fully saturated rings. The third-order valence-corrected chi connectivity index (χ3v) is 3.93. The van der Waals surface area contributed by atoms with Gasteiger partial charge in [0.05, 0.1) is 18.5 Å². The van der Waals surface area contributed by atoms with Crippen molar-refractivity contribution in [3.8, 4) is 5.88 Å². The molecule has 2 N–H and O–H groups in total. The number of amides is 2. The first-order valence-electron chi connectivity index (χ1n) is 7.57. The van der Waals surface area contributed by atoms with Crippen LogP contribution in [-0.2, 0) is 9.47 Å². The number of methoxy groups -OCH3 is 2. The highest BCUT2D eigenvalue weighted by Gasteiger charge is 2.63. The van der Waals surface area contributed by atoms with Crippen LogP contribution in [0.5, 0.6) is 5.88 Å². The molecule has 0 aromatic carbocycles. The van der Waals surface area contributed by atoms with Crippen molar-refractivity contribution in [3.05, 3.63) is 18.3 Å². The fourth-order valence-corrected chi connectivity index (χ4v) is 2.47. The lowest BCUT2D eigenvalue weighted by Gasteiger charge is -2.47. The molecule has 0 bridgehead atoms. The summed E-state index contributed by atoms with van der Waals surface area (Å²) in [5.74, 6) is 0.372. The molecule has 1 aromatic rings. The number of halogens is 3. The summed E-state index contributed by atoms with van der Waals surface area (Å²) in [5, 5.41) is 4.98. The van der Waals surface area contributed by atoms with Crippen LogP contribution < -0.4 is 15.4 Å². The Morgan fingerprint density at radius 2 is 2.04 bits per heavy atom. The molecule has 25 heavy (non-hydrogen) atoms. The van der Waals surface area contributed by atoms with Crippen molar-refractivity contribution < 1.29 is 32.2 Å². The highest BCUT2D eigenvalue weighted by atomic mass is 19.4. The molecule has 0 radical (unpaired) electrons. The lowest BCUT2D eigenvalue weighted by Crippen LogP contribution is -2.63. The summed E-state index contributed by atoms with van der Waals surface area (Å²) in [5.41, 5.74) is -1.78. The summed E-state index contributed by atoms with van der Waals surface area (Å²) >= 11 is 0. The quantitative estimate of drug-likeness (QED) is 0.727. The Balaban J connectivity index is 1.78. The molecular formula is C15H20F3N3O4. The number of carbonyl (C=O) groups excluding carboxylic acids is 1. The number of hydrogen-bond acceptors (Lipinski definition) is 5. The molecular weight excluding hydrogens is 343 g/mol. The third kappa shape index (κ3) is 4.73. The van der Waals surface area contributed by atoms with Gasteiger partial charge in [-0.1, -0.05) is 0 Å². The van der Waals surface area contributed by atoms with Gasteiger partial charge in [-0.3, -0.25) is 0 Å². The Bertz CT molecular complexity index is 574. The van der Waals surface area contributed by atoms with Crippen molar-refractivity contribution in [2.45, 2.75) is 30.7 Å². The summed E-state index contributed by atoms with van der Waals surface area (Å²) in [7, 11) is 2.57. The van der Waals surface area contributed by atoms with Gasteiger partial charge < -0.3 is 24.8 Å². The minimum absolute atomic E-state index is 0.315. The topological polar surface area (TPSA) is 81.7 Å². The van der Waals surface area contributed by atoms with E-state index >= 15 is 0 Å². The predicted molar refractivity (Wildman–Crippen MR) is 82.6 cm³/mol. The molecule has 0 unspecified atom stereocenters. The molecule has 7 nitrogen and oxygen atoms in total. The van der Waals surface area contributed by atoms with Crippen LogP contribution in [0.4, 0.5) is 23.7 Å². The van der Waals surface area contributed by atoms with E-state index in [4.69, 9.17) is 9.47 Å². The summed E-state index contributed by atoms with van der Waals surface area (Å²) in [4.78, 5) is 15.8. The van der Waals surface area contributed by atoms with Crippen molar-refractivity contribution in [1.29, 1.82) is 0 Å². The standard InChI is InChI=1S/C15H20F3N3O4/c1-23-5-6-25-12-4-3-10(9-19-12)20-13(22)21-11-7-14(8-11,24-2)15(16,17)18/h3-4,9,11H,5-8H2,1-2H3,(H2,20,21,22). The van der Waals surface area contributed by atoms with Gasteiger partial charge in [0.2, 0.25) is 5.88 Å². The van der Waals surface area contributed by atoms with Gasteiger partial charge in [-0.15, -0.1) is 0 Å². The minimum atomic E-state index is -4.46. The van der Waals surface area contributed by atoms with Crippen LogP contribution in [-0.4, -0.2) is 56.3 Å². The van der Waals surface area contributed by atoms with Gasteiger partial charge in [0.25, 0.3) is 0 Å². The first-order valence-corrected chi connectivity index (χ1v) is 7.57. The molecule has 1 saturated carbocycles. The molecule has 10 heteroatoms. The van der Waals surface area contributed by atoms with E-state index < -0.39 is 23.9 Å². The normalized spacial score (nSPS) is 22.8. The number of rotatable bonds is 7. The Kier molecular flexibility index (Phi) is 6.07. The number of alkyl halides is 3.